The van der Waals surface area contributed by atoms with Crippen LogP contribution in [-0.2, 0) is 0 Å². The predicted molar refractivity (Wildman–Crippen MR) is 64.1 cm³/mol. The minimum Gasteiger partial charge on any atom is -0.502 e. The highest BCUT2D eigenvalue weighted by Gasteiger charge is 2.22. The average molecular weight is 288 g/mol. The minimum atomic E-state index is -1.48. The monoisotopic (exact) mass is 287 g/mol. The Bertz CT molecular complexity index is 655. The summed E-state index contributed by atoms with van der Waals surface area (Å²) in [6, 6.07) is 3.46. The molecule has 1 aromatic heterocycles. The second-order valence-electron chi connectivity index (χ2n) is 3.52. The summed E-state index contributed by atoms with van der Waals surface area (Å²) in [5, 5.41) is 29.2. The second-order valence-corrected chi connectivity index (χ2v) is 3.92. The highest BCUT2D eigenvalue weighted by Crippen LogP contribution is 2.45. The maximum Gasteiger partial charge on any atom is 0.411 e. The van der Waals surface area contributed by atoms with E-state index in [2.05, 4.69) is 0 Å². The van der Waals surface area contributed by atoms with Gasteiger partial charge in [0.05, 0.1) is 5.02 Å². The Morgan fingerprint density at radius 2 is 2.00 bits per heavy atom. The van der Waals surface area contributed by atoms with Gasteiger partial charge in [0.1, 0.15) is 5.82 Å². The molecule has 6 nitrogen and oxygen atoms in total. The van der Waals surface area contributed by atoms with E-state index >= 15 is 0 Å². The van der Waals surface area contributed by atoms with Gasteiger partial charge in [0.15, 0.2) is 5.76 Å². The van der Waals surface area contributed by atoms with Crippen LogP contribution in [0.5, 0.6) is 11.5 Å². The van der Waals surface area contributed by atoms with Gasteiger partial charge in [0.2, 0.25) is 17.4 Å². The van der Waals surface area contributed by atoms with E-state index in [-0.39, 0.29) is 16.3 Å². The van der Waals surface area contributed by atoms with Crippen molar-refractivity contribution in [2.45, 2.75) is 0 Å². The fraction of sp³-hybridized carbons (Fsp3) is 0. The number of furan rings is 1. The van der Waals surface area contributed by atoms with Crippen LogP contribution >= 0.6 is 11.6 Å². The summed E-state index contributed by atoms with van der Waals surface area (Å²) in [5.41, 5.74) is 0.178. The van der Waals surface area contributed by atoms with Crippen LogP contribution in [0, 0.1) is 5.82 Å². The zero-order chi connectivity index (χ0) is 14.2. The Morgan fingerprint density at radius 1 is 1.32 bits per heavy atom. The summed E-state index contributed by atoms with van der Waals surface area (Å²) in [6.45, 7) is 0. The number of carboxylic acid groups (broad SMARTS) is 1. The summed E-state index contributed by atoms with van der Waals surface area (Å²) in [4.78, 5) is 10.4. The molecule has 0 bridgehead atoms. The first-order chi connectivity index (χ1) is 8.90. The molecule has 100 valence electrons. The van der Waals surface area contributed by atoms with Gasteiger partial charge < -0.3 is 19.7 Å². The molecule has 0 unspecified atom stereocenters. The van der Waals surface area contributed by atoms with Crippen molar-refractivity contribution in [3.63, 3.8) is 0 Å². The fourth-order valence-corrected chi connectivity index (χ4v) is 1.61. The predicted octanol–water partition coefficient (Wildman–Crippen LogP) is 3.24. The molecule has 8 heteroatoms. The third-order valence-corrected chi connectivity index (χ3v) is 2.55. The van der Waals surface area contributed by atoms with Crippen molar-refractivity contribution in [2.75, 3.05) is 5.32 Å². The Hall–Kier alpha value is -2.41. The number of carbonyl (C=O) groups is 1. The van der Waals surface area contributed by atoms with Crippen LogP contribution in [0.1, 0.15) is 0 Å². The van der Waals surface area contributed by atoms with Crippen LogP contribution in [0.15, 0.2) is 22.6 Å². The van der Waals surface area contributed by atoms with Crippen LogP contribution in [0.4, 0.5) is 15.1 Å². The summed E-state index contributed by atoms with van der Waals surface area (Å²) in [5.74, 6) is -2.88. The largest absolute Gasteiger partial charge is 0.502 e. The summed E-state index contributed by atoms with van der Waals surface area (Å²) < 4.78 is 18.0. The van der Waals surface area contributed by atoms with E-state index in [0.717, 1.165) is 6.07 Å². The Kier molecular flexibility index (Phi) is 3.22. The molecule has 0 aliphatic rings. The lowest BCUT2D eigenvalue weighted by Gasteiger charge is -1.99. The number of benzene rings is 1. The molecule has 0 spiro atoms. The van der Waals surface area contributed by atoms with Crippen molar-refractivity contribution in [2.24, 2.45) is 0 Å². The quantitative estimate of drug-likeness (QED) is 0.679. The third-order valence-electron chi connectivity index (χ3n) is 2.26. The van der Waals surface area contributed by atoms with Gasteiger partial charge in [-0.15, -0.1) is 0 Å². The number of halogens is 2. The first-order valence-corrected chi connectivity index (χ1v) is 5.28. The lowest BCUT2D eigenvalue weighted by Crippen LogP contribution is -2.06. The Labute approximate surface area is 110 Å². The Balaban J connectivity index is 2.50. The molecule has 0 fully saturated rings. The number of rotatable bonds is 2. The van der Waals surface area contributed by atoms with Crippen molar-refractivity contribution in [1.29, 1.82) is 0 Å². The second kappa shape index (κ2) is 4.69. The van der Waals surface area contributed by atoms with Crippen molar-refractivity contribution >= 4 is 23.6 Å². The van der Waals surface area contributed by atoms with Crippen LogP contribution in [-0.4, -0.2) is 21.4 Å². The molecule has 1 amide bonds. The van der Waals surface area contributed by atoms with E-state index < -0.39 is 29.3 Å². The highest BCUT2D eigenvalue weighted by atomic mass is 35.5. The smallest absolute Gasteiger partial charge is 0.411 e. The van der Waals surface area contributed by atoms with E-state index in [9.17, 15) is 19.4 Å². The topological polar surface area (TPSA) is 103 Å². The van der Waals surface area contributed by atoms with Gasteiger partial charge in [-0.1, -0.05) is 11.6 Å². The number of hydrogen-bond acceptors (Lipinski definition) is 4. The molecular formula is C11H7ClFNO5. The summed E-state index contributed by atoms with van der Waals surface area (Å²) in [7, 11) is 0. The van der Waals surface area contributed by atoms with Gasteiger partial charge in [-0.3, -0.25) is 5.32 Å². The van der Waals surface area contributed by atoms with Crippen molar-refractivity contribution in [1.82, 2.24) is 0 Å². The first-order valence-electron chi connectivity index (χ1n) is 4.90. The van der Waals surface area contributed by atoms with Gasteiger partial charge in [-0.25, -0.2) is 9.18 Å². The Morgan fingerprint density at radius 3 is 2.58 bits per heavy atom. The molecular weight excluding hydrogens is 281 g/mol. The van der Waals surface area contributed by atoms with Crippen LogP contribution in [0.2, 0.25) is 5.02 Å². The molecule has 2 rings (SSSR count). The molecule has 0 aliphatic carbocycles. The molecule has 1 heterocycles. The standard InChI is InChI=1S/C11H7ClFNO5/c12-5-3-4(1-2-6(5)13)9-7(15)8(16)10(19-9)14-11(17)18/h1-3,14-16H,(H,17,18). The van der Waals surface area contributed by atoms with Crippen molar-refractivity contribution < 1.29 is 28.9 Å². The van der Waals surface area contributed by atoms with E-state index in [0.29, 0.717) is 0 Å². The normalized spacial score (nSPS) is 10.4. The van der Waals surface area contributed by atoms with Gasteiger partial charge in [-0.05, 0) is 18.2 Å². The van der Waals surface area contributed by atoms with Crippen molar-refractivity contribution in [3.05, 3.63) is 29.0 Å². The number of anilines is 1. The molecule has 19 heavy (non-hydrogen) atoms. The lowest BCUT2D eigenvalue weighted by molar-refractivity contribution is 0.209. The number of aromatic hydroxyl groups is 2. The van der Waals surface area contributed by atoms with Crippen molar-refractivity contribution in [3.8, 4) is 22.8 Å². The zero-order valence-corrected chi connectivity index (χ0v) is 9.90. The molecule has 4 N–H and O–H groups in total. The van der Waals surface area contributed by atoms with Gasteiger partial charge in [0, 0.05) is 5.56 Å². The number of nitrogens with one attached hydrogen (secondary N) is 1. The molecule has 1 aromatic carbocycles. The van der Waals surface area contributed by atoms with E-state index in [4.69, 9.17) is 21.1 Å². The van der Waals surface area contributed by atoms with Gasteiger partial charge in [0.25, 0.3) is 0 Å². The minimum absolute atomic E-state index is 0.178. The maximum absolute atomic E-state index is 13.0. The van der Waals surface area contributed by atoms with E-state index in [1.54, 1.807) is 5.32 Å². The first kappa shape index (κ1) is 13.0. The lowest BCUT2D eigenvalue weighted by atomic mass is 10.1. The van der Waals surface area contributed by atoms with E-state index in [1.807, 2.05) is 0 Å². The van der Waals surface area contributed by atoms with Gasteiger partial charge in [-0.2, -0.15) is 0 Å². The molecule has 0 saturated heterocycles. The highest BCUT2D eigenvalue weighted by molar-refractivity contribution is 6.31. The number of hydrogen-bond donors (Lipinski definition) is 4. The molecule has 0 atom stereocenters. The number of amides is 1. The molecule has 0 aliphatic heterocycles. The fourth-order valence-electron chi connectivity index (χ4n) is 1.43. The van der Waals surface area contributed by atoms with Gasteiger partial charge >= 0.3 is 6.09 Å². The zero-order valence-electron chi connectivity index (χ0n) is 9.15. The summed E-state index contributed by atoms with van der Waals surface area (Å²) >= 11 is 5.58. The summed E-state index contributed by atoms with van der Waals surface area (Å²) in [6.07, 6.45) is -1.48. The van der Waals surface area contributed by atoms with Crippen LogP contribution < -0.4 is 5.32 Å². The molecule has 2 aromatic rings. The van der Waals surface area contributed by atoms with Crippen LogP contribution in [0.25, 0.3) is 11.3 Å². The molecule has 0 saturated carbocycles. The SMILES string of the molecule is O=C(O)Nc1oc(-c2ccc(F)c(Cl)c2)c(O)c1O. The van der Waals surface area contributed by atoms with E-state index in [1.165, 1.54) is 12.1 Å². The third kappa shape index (κ3) is 2.41. The maximum atomic E-state index is 13.0. The average Bonchev–Trinajstić information content (AvgIpc) is 2.60. The molecule has 0 radical (unpaired) electrons. The van der Waals surface area contributed by atoms with Crippen LogP contribution in [0.3, 0.4) is 0 Å².